The minimum absolute atomic E-state index is 0.00651. The molecule has 9 nitrogen and oxygen atoms in total. The van der Waals surface area contributed by atoms with E-state index in [4.69, 9.17) is 16.3 Å². The van der Waals surface area contributed by atoms with E-state index in [2.05, 4.69) is 21.6 Å². The molecule has 2 aromatic carbocycles. The van der Waals surface area contributed by atoms with Gasteiger partial charge in [0.1, 0.15) is 17.4 Å². The molecular formula is C20H20ClN5O4S. The summed E-state index contributed by atoms with van der Waals surface area (Å²) in [5.41, 5.74) is 2.25. The highest BCUT2D eigenvalue weighted by molar-refractivity contribution is 7.99. The average molecular weight is 462 g/mol. The van der Waals surface area contributed by atoms with Crippen LogP contribution >= 0.6 is 23.4 Å². The number of nitro groups is 1. The maximum absolute atomic E-state index is 12.2. The van der Waals surface area contributed by atoms with Gasteiger partial charge in [-0.1, -0.05) is 29.4 Å². The zero-order chi connectivity index (χ0) is 22.5. The molecule has 0 radical (unpaired) electrons. The fraction of sp³-hybridized carbons (Fsp3) is 0.250. The van der Waals surface area contributed by atoms with Gasteiger partial charge >= 0.3 is 0 Å². The van der Waals surface area contributed by atoms with Crippen LogP contribution in [0.3, 0.4) is 0 Å². The highest BCUT2D eigenvalue weighted by atomic mass is 35.5. The van der Waals surface area contributed by atoms with E-state index in [0.29, 0.717) is 16.7 Å². The third-order valence-corrected chi connectivity index (χ3v) is 5.59. The molecule has 0 atom stereocenters. The molecular weight excluding hydrogens is 442 g/mol. The lowest BCUT2D eigenvalue weighted by Crippen LogP contribution is -2.14. The number of halogens is 1. The number of anilines is 1. The molecule has 3 rings (SSSR count). The summed E-state index contributed by atoms with van der Waals surface area (Å²) >= 11 is 6.98. The summed E-state index contributed by atoms with van der Waals surface area (Å²) in [4.78, 5) is 22.6. The first-order valence-corrected chi connectivity index (χ1v) is 10.5. The second-order valence-corrected chi connectivity index (χ2v) is 8.18. The van der Waals surface area contributed by atoms with E-state index in [1.807, 2.05) is 26.0 Å². The van der Waals surface area contributed by atoms with Crippen LogP contribution in [-0.4, -0.2) is 31.3 Å². The molecule has 0 saturated heterocycles. The van der Waals surface area contributed by atoms with Crippen LogP contribution in [-0.2, 0) is 18.4 Å². The van der Waals surface area contributed by atoms with Gasteiger partial charge in [-0.15, -0.1) is 10.2 Å². The fourth-order valence-corrected chi connectivity index (χ4v) is 3.73. The molecule has 1 aromatic heterocycles. The summed E-state index contributed by atoms with van der Waals surface area (Å²) in [7, 11) is 1.79. The van der Waals surface area contributed by atoms with Crippen LogP contribution in [0.15, 0.2) is 41.6 Å². The molecule has 11 heteroatoms. The Labute approximate surface area is 187 Å². The number of carbonyl (C=O) groups is 1. The Hall–Kier alpha value is -3.11. The minimum atomic E-state index is -0.603. The normalized spacial score (nSPS) is 10.7. The molecule has 0 bridgehead atoms. The molecule has 0 aliphatic carbocycles. The summed E-state index contributed by atoms with van der Waals surface area (Å²) in [5, 5.41) is 22.4. The third-order valence-electron chi connectivity index (χ3n) is 4.25. The van der Waals surface area contributed by atoms with Gasteiger partial charge in [0.15, 0.2) is 11.0 Å². The Morgan fingerprint density at radius 2 is 1.94 bits per heavy atom. The number of rotatable bonds is 8. The Bertz CT molecular complexity index is 1110. The number of aromatic nitrogens is 3. The van der Waals surface area contributed by atoms with Crippen molar-refractivity contribution in [3.05, 3.63) is 68.5 Å². The number of hydrogen-bond donors (Lipinski definition) is 1. The maximum atomic E-state index is 12.2. The Morgan fingerprint density at radius 3 is 2.61 bits per heavy atom. The topological polar surface area (TPSA) is 112 Å². The number of carbonyl (C=O) groups excluding carboxylic acids is 1. The van der Waals surface area contributed by atoms with Crippen LogP contribution in [0.25, 0.3) is 0 Å². The molecule has 3 aromatic rings. The van der Waals surface area contributed by atoms with Crippen molar-refractivity contribution < 1.29 is 14.5 Å². The standard InChI is InChI=1S/C20H20ClN5O4S/c1-12-6-13(2)8-15(7-12)30-10-18-23-24-20(25(18)3)31-11-19(27)22-14-4-5-16(21)17(9-14)26(28)29/h4-9H,10-11H2,1-3H3,(H,22,27). The van der Waals surface area contributed by atoms with Crippen LogP contribution in [0.1, 0.15) is 17.0 Å². The van der Waals surface area contributed by atoms with Crippen molar-refractivity contribution in [3.8, 4) is 5.75 Å². The van der Waals surface area contributed by atoms with Gasteiger partial charge in [0.2, 0.25) is 5.91 Å². The second kappa shape index (κ2) is 9.80. The molecule has 31 heavy (non-hydrogen) atoms. The molecule has 1 amide bonds. The lowest BCUT2D eigenvalue weighted by Gasteiger charge is -2.08. The van der Waals surface area contributed by atoms with Crippen molar-refractivity contribution in [2.45, 2.75) is 25.6 Å². The first kappa shape index (κ1) is 22.6. The first-order chi connectivity index (χ1) is 14.7. The Morgan fingerprint density at radius 1 is 1.23 bits per heavy atom. The number of thioether (sulfide) groups is 1. The Balaban J connectivity index is 1.56. The van der Waals surface area contributed by atoms with Gasteiger partial charge in [0.25, 0.3) is 5.69 Å². The summed E-state index contributed by atoms with van der Waals surface area (Å²) in [6.07, 6.45) is 0. The molecule has 1 heterocycles. The van der Waals surface area contributed by atoms with E-state index >= 15 is 0 Å². The summed E-state index contributed by atoms with van der Waals surface area (Å²) in [6, 6.07) is 10.1. The van der Waals surface area contributed by atoms with Gasteiger partial charge in [-0.25, -0.2) is 0 Å². The minimum Gasteiger partial charge on any atom is -0.486 e. The van der Waals surface area contributed by atoms with Crippen LogP contribution in [0.5, 0.6) is 5.75 Å². The smallest absolute Gasteiger partial charge is 0.289 e. The zero-order valence-corrected chi connectivity index (χ0v) is 18.7. The van der Waals surface area contributed by atoms with Crippen LogP contribution in [0, 0.1) is 24.0 Å². The van der Waals surface area contributed by atoms with E-state index in [1.54, 1.807) is 11.6 Å². The molecule has 0 fully saturated rings. The number of hydrogen-bond acceptors (Lipinski definition) is 7. The lowest BCUT2D eigenvalue weighted by atomic mass is 10.1. The zero-order valence-electron chi connectivity index (χ0n) is 17.1. The second-order valence-electron chi connectivity index (χ2n) is 6.83. The van der Waals surface area contributed by atoms with E-state index in [0.717, 1.165) is 16.9 Å². The predicted octanol–water partition coefficient (Wildman–Crippen LogP) is 4.30. The number of amides is 1. The molecule has 162 valence electrons. The highest BCUT2D eigenvalue weighted by Gasteiger charge is 2.15. The molecule has 0 saturated carbocycles. The summed E-state index contributed by atoms with van der Waals surface area (Å²) in [5.74, 6) is 1.10. The van der Waals surface area contributed by atoms with E-state index < -0.39 is 4.92 Å². The van der Waals surface area contributed by atoms with Gasteiger partial charge in [0.05, 0.1) is 10.7 Å². The summed E-state index contributed by atoms with van der Waals surface area (Å²) < 4.78 is 7.57. The molecule has 0 spiro atoms. The van der Waals surface area contributed by atoms with Crippen molar-refractivity contribution in [1.82, 2.24) is 14.8 Å². The van der Waals surface area contributed by atoms with Gasteiger partial charge in [-0.2, -0.15) is 0 Å². The Kier molecular flexibility index (Phi) is 7.13. The first-order valence-electron chi connectivity index (χ1n) is 9.19. The van der Waals surface area contributed by atoms with E-state index in [1.165, 1.54) is 30.0 Å². The van der Waals surface area contributed by atoms with Gasteiger partial charge < -0.3 is 14.6 Å². The van der Waals surface area contributed by atoms with Crippen molar-refractivity contribution in [3.63, 3.8) is 0 Å². The van der Waals surface area contributed by atoms with Crippen LogP contribution < -0.4 is 10.1 Å². The quantitative estimate of drug-likeness (QED) is 0.302. The summed E-state index contributed by atoms with van der Waals surface area (Å²) in [6.45, 7) is 4.25. The molecule has 1 N–H and O–H groups in total. The number of benzene rings is 2. The largest absolute Gasteiger partial charge is 0.486 e. The van der Waals surface area contributed by atoms with Crippen molar-refractivity contribution >= 4 is 40.6 Å². The SMILES string of the molecule is Cc1cc(C)cc(OCc2nnc(SCC(=O)Nc3ccc(Cl)c([N+](=O)[O-])c3)n2C)c1. The van der Waals surface area contributed by atoms with Gasteiger partial charge in [0, 0.05) is 18.8 Å². The molecule has 0 aliphatic rings. The highest BCUT2D eigenvalue weighted by Crippen LogP contribution is 2.27. The van der Waals surface area contributed by atoms with Crippen molar-refractivity contribution in [2.75, 3.05) is 11.1 Å². The number of nitrogens with zero attached hydrogens (tertiary/aromatic N) is 4. The third kappa shape index (κ3) is 5.96. The van der Waals surface area contributed by atoms with Crippen LogP contribution in [0.2, 0.25) is 5.02 Å². The van der Waals surface area contributed by atoms with Crippen molar-refractivity contribution in [1.29, 1.82) is 0 Å². The monoisotopic (exact) mass is 461 g/mol. The maximum Gasteiger partial charge on any atom is 0.289 e. The molecule has 0 aliphatic heterocycles. The predicted molar refractivity (Wildman–Crippen MR) is 119 cm³/mol. The van der Waals surface area contributed by atoms with Crippen molar-refractivity contribution in [2.24, 2.45) is 7.05 Å². The number of nitro benzene ring substituents is 1. The fourth-order valence-electron chi connectivity index (χ4n) is 2.82. The average Bonchev–Trinajstić information content (AvgIpc) is 3.05. The molecule has 0 unspecified atom stereocenters. The lowest BCUT2D eigenvalue weighted by molar-refractivity contribution is -0.384. The number of ether oxygens (including phenoxy) is 1. The number of nitrogens with one attached hydrogen (secondary N) is 1. The number of aryl methyl sites for hydroxylation is 2. The van der Waals surface area contributed by atoms with E-state index in [9.17, 15) is 14.9 Å². The van der Waals surface area contributed by atoms with Crippen LogP contribution in [0.4, 0.5) is 11.4 Å². The van der Waals surface area contributed by atoms with Gasteiger partial charge in [-0.3, -0.25) is 14.9 Å². The van der Waals surface area contributed by atoms with E-state index in [-0.39, 0.29) is 29.0 Å². The van der Waals surface area contributed by atoms with Gasteiger partial charge in [-0.05, 0) is 49.2 Å².